The van der Waals surface area contributed by atoms with Crippen LogP contribution in [0.4, 0.5) is 4.39 Å². The predicted octanol–water partition coefficient (Wildman–Crippen LogP) is 4.17. The summed E-state index contributed by atoms with van der Waals surface area (Å²) < 4.78 is 14.1. The van der Waals surface area contributed by atoms with Crippen molar-refractivity contribution in [2.45, 2.75) is 6.42 Å². The van der Waals surface area contributed by atoms with Crippen LogP contribution < -0.4 is 0 Å². The molecule has 18 heavy (non-hydrogen) atoms. The van der Waals surface area contributed by atoms with Gasteiger partial charge in [-0.1, -0.05) is 6.07 Å². The van der Waals surface area contributed by atoms with E-state index >= 15 is 0 Å². The standard InChI is InChI=1S/C13H8Br2FNO/c14-9-2-1-5-17-13(9)12(18)7-8-3-4-11(16)10(15)6-8/h1-6H,7H2. The lowest BCUT2D eigenvalue weighted by atomic mass is 10.1. The van der Waals surface area contributed by atoms with E-state index in [0.29, 0.717) is 14.6 Å². The van der Waals surface area contributed by atoms with Crippen molar-refractivity contribution in [3.05, 3.63) is 62.5 Å². The van der Waals surface area contributed by atoms with Gasteiger partial charge >= 0.3 is 0 Å². The Hall–Kier alpha value is -1.07. The maximum atomic E-state index is 13.1. The molecule has 92 valence electrons. The van der Waals surface area contributed by atoms with Crippen LogP contribution >= 0.6 is 31.9 Å². The molecule has 0 aliphatic heterocycles. The summed E-state index contributed by atoms with van der Waals surface area (Å²) in [6.07, 6.45) is 1.76. The second kappa shape index (κ2) is 5.71. The Morgan fingerprint density at radius 2 is 2.00 bits per heavy atom. The monoisotopic (exact) mass is 371 g/mol. The Balaban J connectivity index is 2.22. The molecular weight excluding hydrogens is 365 g/mol. The Morgan fingerprint density at radius 3 is 2.67 bits per heavy atom. The van der Waals surface area contributed by atoms with Crippen LogP contribution in [0, 0.1) is 5.82 Å². The fraction of sp³-hybridized carbons (Fsp3) is 0.0769. The number of nitrogens with zero attached hydrogens (tertiary/aromatic N) is 1. The van der Waals surface area contributed by atoms with E-state index in [4.69, 9.17) is 0 Å². The Labute approximate surface area is 121 Å². The highest BCUT2D eigenvalue weighted by Crippen LogP contribution is 2.19. The molecule has 0 spiro atoms. The second-order valence-electron chi connectivity index (χ2n) is 3.68. The van der Waals surface area contributed by atoms with Crippen molar-refractivity contribution in [3.8, 4) is 0 Å². The lowest BCUT2D eigenvalue weighted by Gasteiger charge is -2.04. The van der Waals surface area contributed by atoms with Gasteiger partial charge in [-0.05, 0) is 61.7 Å². The van der Waals surface area contributed by atoms with E-state index in [1.54, 1.807) is 30.5 Å². The molecule has 0 N–H and O–H groups in total. The third-order valence-corrected chi connectivity index (χ3v) is 3.62. The first-order chi connectivity index (χ1) is 8.58. The van der Waals surface area contributed by atoms with Gasteiger partial charge in [0.05, 0.1) is 4.47 Å². The number of halogens is 3. The summed E-state index contributed by atoms with van der Waals surface area (Å²) in [6.45, 7) is 0. The van der Waals surface area contributed by atoms with E-state index in [2.05, 4.69) is 36.8 Å². The van der Waals surface area contributed by atoms with Gasteiger partial charge in [-0.15, -0.1) is 0 Å². The van der Waals surface area contributed by atoms with Gasteiger partial charge in [0.25, 0.3) is 0 Å². The molecule has 1 aromatic heterocycles. The van der Waals surface area contributed by atoms with E-state index in [0.717, 1.165) is 5.56 Å². The Bertz CT molecular complexity index is 601. The number of ketones is 1. The number of pyridine rings is 1. The molecule has 0 saturated heterocycles. The maximum absolute atomic E-state index is 13.1. The van der Waals surface area contributed by atoms with Gasteiger partial charge < -0.3 is 0 Å². The topological polar surface area (TPSA) is 30.0 Å². The average molecular weight is 373 g/mol. The van der Waals surface area contributed by atoms with Crippen molar-refractivity contribution < 1.29 is 9.18 Å². The van der Waals surface area contributed by atoms with Gasteiger partial charge in [0.15, 0.2) is 5.78 Å². The van der Waals surface area contributed by atoms with Crippen molar-refractivity contribution in [2.75, 3.05) is 0 Å². The van der Waals surface area contributed by atoms with Crippen LogP contribution in [0.25, 0.3) is 0 Å². The summed E-state index contributed by atoms with van der Waals surface area (Å²) in [5.74, 6) is -0.453. The highest BCUT2D eigenvalue weighted by Gasteiger charge is 2.12. The van der Waals surface area contributed by atoms with Crippen LogP contribution in [-0.2, 0) is 6.42 Å². The molecule has 2 rings (SSSR count). The zero-order valence-electron chi connectivity index (χ0n) is 9.16. The number of carbonyl (C=O) groups excluding carboxylic acids is 1. The van der Waals surface area contributed by atoms with Crippen LogP contribution in [-0.4, -0.2) is 10.8 Å². The first-order valence-electron chi connectivity index (χ1n) is 5.15. The molecule has 1 aromatic carbocycles. The largest absolute Gasteiger partial charge is 0.292 e. The zero-order valence-corrected chi connectivity index (χ0v) is 12.3. The molecule has 1 heterocycles. The normalized spacial score (nSPS) is 10.4. The molecule has 0 unspecified atom stereocenters. The van der Waals surface area contributed by atoms with Gasteiger partial charge in [0.2, 0.25) is 0 Å². The number of rotatable bonds is 3. The van der Waals surface area contributed by atoms with Gasteiger partial charge in [0, 0.05) is 17.1 Å². The van der Waals surface area contributed by atoms with E-state index in [9.17, 15) is 9.18 Å². The fourth-order valence-corrected chi connectivity index (χ4v) is 2.41. The molecular formula is C13H8Br2FNO. The molecule has 0 saturated carbocycles. The fourth-order valence-electron chi connectivity index (χ4n) is 1.51. The Morgan fingerprint density at radius 1 is 1.22 bits per heavy atom. The van der Waals surface area contributed by atoms with Gasteiger partial charge in [-0.25, -0.2) is 4.39 Å². The highest BCUT2D eigenvalue weighted by molar-refractivity contribution is 9.10. The Kier molecular flexibility index (Phi) is 4.24. The molecule has 0 atom stereocenters. The lowest BCUT2D eigenvalue weighted by Crippen LogP contribution is -2.06. The van der Waals surface area contributed by atoms with E-state index in [-0.39, 0.29) is 18.0 Å². The molecule has 0 aliphatic rings. The van der Waals surface area contributed by atoms with E-state index < -0.39 is 0 Å². The zero-order chi connectivity index (χ0) is 13.1. The molecule has 0 fully saturated rings. The predicted molar refractivity (Wildman–Crippen MR) is 74.1 cm³/mol. The molecule has 0 bridgehead atoms. The molecule has 5 heteroatoms. The third kappa shape index (κ3) is 3.03. The summed E-state index contributed by atoms with van der Waals surface area (Å²) in [4.78, 5) is 16.1. The minimum Gasteiger partial charge on any atom is -0.292 e. The van der Waals surface area contributed by atoms with Crippen LogP contribution in [0.1, 0.15) is 16.1 Å². The number of carbonyl (C=O) groups is 1. The van der Waals surface area contributed by atoms with Crippen molar-refractivity contribution in [2.24, 2.45) is 0 Å². The summed E-state index contributed by atoms with van der Waals surface area (Å²) in [5, 5.41) is 0. The first-order valence-corrected chi connectivity index (χ1v) is 6.74. The number of hydrogen-bond donors (Lipinski definition) is 0. The van der Waals surface area contributed by atoms with Crippen molar-refractivity contribution in [1.82, 2.24) is 4.98 Å². The lowest BCUT2D eigenvalue weighted by molar-refractivity contribution is 0.0987. The van der Waals surface area contributed by atoms with Crippen LogP contribution in [0.3, 0.4) is 0 Å². The van der Waals surface area contributed by atoms with Crippen molar-refractivity contribution >= 4 is 37.6 Å². The van der Waals surface area contributed by atoms with E-state index in [1.807, 2.05) is 0 Å². The molecule has 0 aliphatic carbocycles. The third-order valence-electron chi connectivity index (χ3n) is 2.37. The van der Waals surface area contributed by atoms with Crippen molar-refractivity contribution in [1.29, 1.82) is 0 Å². The van der Waals surface area contributed by atoms with Crippen LogP contribution in [0.2, 0.25) is 0 Å². The van der Waals surface area contributed by atoms with Gasteiger partial charge in [0.1, 0.15) is 11.5 Å². The number of benzene rings is 1. The summed E-state index contributed by atoms with van der Waals surface area (Å²) in [7, 11) is 0. The second-order valence-corrected chi connectivity index (χ2v) is 5.39. The van der Waals surface area contributed by atoms with E-state index in [1.165, 1.54) is 6.07 Å². The SMILES string of the molecule is O=C(Cc1ccc(F)c(Br)c1)c1ncccc1Br. The van der Waals surface area contributed by atoms with Crippen LogP contribution in [0.5, 0.6) is 0 Å². The maximum Gasteiger partial charge on any atom is 0.186 e. The molecule has 2 nitrogen and oxygen atoms in total. The highest BCUT2D eigenvalue weighted by atomic mass is 79.9. The number of Topliss-reactive ketones (excluding diaryl/α,β-unsaturated/α-hetero) is 1. The number of hydrogen-bond acceptors (Lipinski definition) is 2. The van der Waals surface area contributed by atoms with Crippen LogP contribution in [0.15, 0.2) is 45.5 Å². The molecule has 2 aromatic rings. The molecule has 0 radical (unpaired) electrons. The number of aromatic nitrogens is 1. The van der Waals surface area contributed by atoms with Gasteiger partial charge in [-0.3, -0.25) is 9.78 Å². The summed E-state index contributed by atoms with van der Waals surface area (Å²) in [6, 6.07) is 8.04. The smallest absolute Gasteiger partial charge is 0.186 e. The summed E-state index contributed by atoms with van der Waals surface area (Å²) >= 11 is 6.38. The minimum atomic E-state index is -0.342. The average Bonchev–Trinajstić information content (AvgIpc) is 2.34. The van der Waals surface area contributed by atoms with Crippen molar-refractivity contribution in [3.63, 3.8) is 0 Å². The first kappa shape index (κ1) is 13.4. The quantitative estimate of drug-likeness (QED) is 0.757. The van der Waals surface area contributed by atoms with Gasteiger partial charge in [-0.2, -0.15) is 0 Å². The minimum absolute atomic E-state index is 0.110. The summed E-state index contributed by atoms with van der Waals surface area (Å²) in [5.41, 5.74) is 1.13. The molecule has 0 amide bonds.